The van der Waals surface area contributed by atoms with Crippen LogP contribution in [-0.4, -0.2) is 41.0 Å². The third-order valence-electron chi connectivity index (χ3n) is 6.10. The fourth-order valence-electron chi connectivity index (χ4n) is 4.96. The van der Waals surface area contributed by atoms with E-state index < -0.39 is 0 Å². The molecule has 3 fully saturated rings. The molecule has 20 heavy (non-hydrogen) atoms. The predicted octanol–water partition coefficient (Wildman–Crippen LogP) is 3.25. The molecule has 0 radical (unpaired) electrons. The highest BCUT2D eigenvalue weighted by atomic mass is 127. The smallest absolute Gasteiger partial charge is 0.310 e. The Morgan fingerprint density at radius 1 is 1.15 bits per heavy atom. The second-order valence-corrected chi connectivity index (χ2v) is 8.69. The lowest BCUT2D eigenvalue weighted by Gasteiger charge is -2.45. The van der Waals surface area contributed by atoms with Gasteiger partial charge in [0.2, 0.25) is 0 Å². The molecular formula is C16H26INO2. The highest BCUT2D eigenvalue weighted by Gasteiger charge is 2.51. The highest BCUT2D eigenvalue weighted by Crippen LogP contribution is 2.48. The van der Waals surface area contributed by atoms with Gasteiger partial charge in [0.1, 0.15) is 0 Å². The molecule has 3 aliphatic rings. The van der Waals surface area contributed by atoms with Crippen LogP contribution in [0, 0.1) is 17.8 Å². The van der Waals surface area contributed by atoms with Crippen molar-refractivity contribution >= 4 is 28.6 Å². The molecule has 4 atom stereocenters. The van der Waals surface area contributed by atoms with Gasteiger partial charge >= 0.3 is 5.97 Å². The van der Waals surface area contributed by atoms with E-state index in [1.54, 1.807) is 7.11 Å². The number of halogens is 1. The summed E-state index contributed by atoms with van der Waals surface area (Å²) in [5.41, 5.74) is 0. The molecule has 2 bridgehead atoms. The Labute approximate surface area is 135 Å². The van der Waals surface area contributed by atoms with E-state index in [0.717, 1.165) is 9.84 Å². The molecule has 0 spiro atoms. The summed E-state index contributed by atoms with van der Waals surface area (Å²) < 4.78 is 6.01. The summed E-state index contributed by atoms with van der Waals surface area (Å²) in [5.74, 6) is 1.49. The van der Waals surface area contributed by atoms with Crippen LogP contribution in [0.15, 0.2) is 0 Å². The number of carbonyl (C=O) groups is 1. The SMILES string of the molecule is COC(=O)C1C2CC[C@H](C[C@@H]1C1CCC(I)CC1)N2C. The summed E-state index contributed by atoms with van der Waals surface area (Å²) >= 11 is 2.59. The Kier molecular flexibility index (Phi) is 4.60. The van der Waals surface area contributed by atoms with Crippen LogP contribution in [0.3, 0.4) is 0 Å². The maximum absolute atomic E-state index is 12.4. The molecule has 1 aliphatic carbocycles. The number of nitrogens with zero attached hydrogens (tertiary/aromatic N) is 1. The first-order chi connectivity index (χ1) is 9.61. The minimum atomic E-state index is 0.0452. The number of alkyl halides is 1. The van der Waals surface area contributed by atoms with Crippen LogP contribution < -0.4 is 0 Å². The molecule has 0 aromatic heterocycles. The molecule has 2 saturated heterocycles. The van der Waals surface area contributed by atoms with Crippen LogP contribution in [0.5, 0.6) is 0 Å². The Morgan fingerprint density at radius 2 is 1.85 bits per heavy atom. The van der Waals surface area contributed by atoms with E-state index in [4.69, 9.17) is 4.74 Å². The molecule has 2 unspecified atom stereocenters. The zero-order valence-electron chi connectivity index (χ0n) is 12.6. The highest BCUT2D eigenvalue weighted by molar-refractivity contribution is 14.1. The molecule has 1 saturated carbocycles. The maximum Gasteiger partial charge on any atom is 0.310 e. The molecule has 0 N–H and O–H groups in total. The van der Waals surface area contributed by atoms with Gasteiger partial charge in [0.25, 0.3) is 0 Å². The third kappa shape index (κ3) is 2.62. The average Bonchev–Trinajstić information content (AvgIpc) is 2.70. The molecule has 114 valence electrons. The first-order valence-corrected chi connectivity index (χ1v) is 9.30. The van der Waals surface area contributed by atoms with Crippen LogP contribution in [0.25, 0.3) is 0 Å². The van der Waals surface area contributed by atoms with Crippen molar-refractivity contribution in [3.8, 4) is 0 Å². The van der Waals surface area contributed by atoms with Crippen molar-refractivity contribution in [2.75, 3.05) is 14.2 Å². The van der Waals surface area contributed by atoms with Crippen LogP contribution in [0.2, 0.25) is 0 Å². The number of methoxy groups -OCH3 is 1. The van der Waals surface area contributed by atoms with E-state index in [-0.39, 0.29) is 11.9 Å². The molecular weight excluding hydrogens is 365 g/mol. The van der Waals surface area contributed by atoms with Crippen molar-refractivity contribution in [3.63, 3.8) is 0 Å². The number of rotatable bonds is 2. The van der Waals surface area contributed by atoms with E-state index in [9.17, 15) is 4.79 Å². The molecule has 0 aromatic rings. The van der Waals surface area contributed by atoms with Gasteiger partial charge in [0.15, 0.2) is 0 Å². The van der Waals surface area contributed by atoms with Gasteiger partial charge in [-0.2, -0.15) is 0 Å². The molecule has 4 heteroatoms. The zero-order valence-corrected chi connectivity index (χ0v) is 14.7. The van der Waals surface area contributed by atoms with Crippen LogP contribution >= 0.6 is 22.6 Å². The van der Waals surface area contributed by atoms with E-state index in [0.29, 0.717) is 18.0 Å². The summed E-state index contributed by atoms with van der Waals surface area (Å²) in [6.07, 6.45) is 8.96. The van der Waals surface area contributed by atoms with E-state index in [1.165, 1.54) is 44.9 Å². The Hall–Kier alpha value is 0.160. The standard InChI is InChI=1S/C16H26INO2/c1-18-12-7-8-14(18)15(16(19)20-2)13(9-12)10-3-5-11(17)6-4-10/h10-15H,3-9H2,1-2H3/t10?,11?,12-,13-,14?,15?/m1/s1. The fraction of sp³-hybridized carbons (Fsp3) is 0.938. The predicted molar refractivity (Wildman–Crippen MR) is 88.0 cm³/mol. The van der Waals surface area contributed by atoms with E-state index >= 15 is 0 Å². The van der Waals surface area contributed by atoms with Crippen LogP contribution in [0.1, 0.15) is 44.9 Å². The summed E-state index contributed by atoms with van der Waals surface area (Å²) in [4.78, 5) is 14.8. The molecule has 3 nitrogen and oxygen atoms in total. The van der Waals surface area contributed by atoms with Crippen molar-refractivity contribution in [1.29, 1.82) is 0 Å². The molecule has 0 aromatic carbocycles. The Morgan fingerprint density at radius 3 is 2.50 bits per heavy atom. The average molecular weight is 391 g/mol. The normalized spacial score (nSPS) is 45.4. The van der Waals surface area contributed by atoms with Gasteiger partial charge in [-0.1, -0.05) is 22.6 Å². The fourth-order valence-corrected chi connectivity index (χ4v) is 5.68. The van der Waals surface area contributed by atoms with Gasteiger partial charge in [-0.15, -0.1) is 0 Å². The first-order valence-electron chi connectivity index (χ1n) is 8.05. The third-order valence-corrected chi connectivity index (χ3v) is 7.34. The number of carbonyl (C=O) groups excluding carboxylic acids is 1. The van der Waals surface area contributed by atoms with E-state index in [2.05, 4.69) is 34.5 Å². The zero-order chi connectivity index (χ0) is 14.3. The van der Waals surface area contributed by atoms with Crippen molar-refractivity contribution in [2.45, 2.75) is 61.0 Å². The Bertz CT molecular complexity index is 367. The van der Waals surface area contributed by atoms with Gasteiger partial charge < -0.3 is 4.74 Å². The van der Waals surface area contributed by atoms with E-state index in [1.807, 2.05) is 0 Å². The number of fused-ring (bicyclic) bond motifs is 2. The lowest BCUT2D eigenvalue weighted by molar-refractivity contribution is -0.154. The summed E-state index contributed by atoms with van der Waals surface area (Å²) in [5, 5.41) is 0. The van der Waals surface area contributed by atoms with Gasteiger partial charge in [0.05, 0.1) is 13.0 Å². The number of hydrogen-bond acceptors (Lipinski definition) is 3. The molecule has 0 amide bonds. The number of ether oxygens (including phenoxy) is 1. The van der Waals surface area contributed by atoms with Crippen LogP contribution in [-0.2, 0) is 9.53 Å². The molecule has 2 aliphatic heterocycles. The van der Waals surface area contributed by atoms with Crippen molar-refractivity contribution in [2.24, 2.45) is 17.8 Å². The topological polar surface area (TPSA) is 29.5 Å². The molecule has 2 heterocycles. The lowest BCUT2D eigenvalue weighted by Crippen LogP contribution is -2.52. The van der Waals surface area contributed by atoms with Gasteiger partial charge in [-0.3, -0.25) is 9.69 Å². The van der Waals surface area contributed by atoms with Crippen molar-refractivity contribution < 1.29 is 9.53 Å². The quantitative estimate of drug-likeness (QED) is 0.411. The second-order valence-electron chi connectivity index (χ2n) is 6.92. The minimum Gasteiger partial charge on any atom is -0.469 e. The summed E-state index contributed by atoms with van der Waals surface area (Å²) in [6, 6.07) is 1.15. The largest absolute Gasteiger partial charge is 0.469 e. The van der Waals surface area contributed by atoms with Crippen molar-refractivity contribution in [1.82, 2.24) is 4.90 Å². The number of piperidine rings is 1. The first kappa shape index (κ1) is 15.1. The second kappa shape index (κ2) is 6.11. The number of hydrogen-bond donors (Lipinski definition) is 0. The van der Waals surface area contributed by atoms with Gasteiger partial charge in [-0.25, -0.2) is 0 Å². The monoisotopic (exact) mass is 391 g/mol. The molecule has 3 rings (SSSR count). The van der Waals surface area contributed by atoms with Crippen LogP contribution in [0.4, 0.5) is 0 Å². The number of esters is 1. The lowest BCUT2D eigenvalue weighted by atomic mass is 9.68. The van der Waals surface area contributed by atoms with Crippen molar-refractivity contribution in [3.05, 3.63) is 0 Å². The summed E-state index contributed by atoms with van der Waals surface area (Å²) in [7, 11) is 3.76. The maximum atomic E-state index is 12.4. The van der Waals surface area contributed by atoms with Gasteiger partial charge in [0, 0.05) is 16.0 Å². The Balaban J connectivity index is 1.79. The van der Waals surface area contributed by atoms with Gasteiger partial charge in [-0.05, 0) is 63.8 Å². The minimum absolute atomic E-state index is 0.0452. The summed E-state index contributed by atoms with van der Waals surface area (Å²) in [6.45, 7) is 0.